The molecule has 1 fully saturated rings. The second-order valence-corrected chi connectivity index (χ2v) is 7.16. The number of carbonyl (C=O) groups is 2. The molecule has 0 aliphatic carbocycles. The van der Waals surface area contributed by atoms with Crippen LogP contribution in [0.1, 0.15) is 50.5 Å². The van der Waals surface area contributed by atoms with Gasteiger partial charge >= 0.3 is 12.1 Å². The van der Waals surface area contributed by atoms with Gasteiger partial charge in [0.15, 0.2) is 5.69 Å². The highest BCUT2D eigenvalue weighted by atomic mass is 16.6. The molecular weight excluding hydrogens is 310 g/mol. The average molecular weight is 337 g/mol. The van der Waals surface area contributed by atoms with Gasteiger partial charge in [0.05, 0.1) is 7.11 Å². The van der Waals surface area contributed by atoms with Gasteiger partial charge in [-0.3, -0.25) is 4.68 Å². The number of nitrogens with zero attached hydrogens (tertiary/aromatic N) is 3. The quantitative estimate of drug-likeness (QED) is 0.790. The van der Waals surface area contributed by atoms with E-state index in [9.17, 15) is 9.59 Å². The van der Waals surface area contributed by atoms with Crippen LogP contribution in [-0.4, -0.2) is 52.5 Å². The number of carbonyl (C=O) groups excluding carboxylic acids is 2. The first-order valence-electron chi connectivity index (χ1n) is 8.38. The Morgan fingerprint density at radius 3 is 2.54 bits per heavy atom. The minimum Gasteiger partial charge on any atom is -0.464 e. The van der Waals surface area contributed by atoms with Crippen LogP contribution < -0.4 is 0 Å². The molecule has 2 rings (SSSR count). The Morgan fingerprint density at radius 2 is 1.96 bits per heavy atom. The molecule has 0 radical (unpaired) electrons. The van der Waals surface area contributed by atoms with E-state index in [0.717, 1.165) is 38.9 Å². The van der Waals surface area contributed by atoms with Crippen molar-refractivity contribution >= 4 is 12.1 Å². The van der Waals surface area contributed by atoms with E-state index in [1.165, 1.54) is 7.11 Å². The average Bonchev–Trinajstić information content (AvgIpc) is 3.00. The van der Waals surface area contributed by atoms with Crippen LogP contribution in [0.15, 0.2) is 12.3 Å². The van der Waals surface area contributed by atoms with E-state index in [1.54, 1.807) is 21.8 Å². The van der Waals surface area contributed by atoms with E-state index < -0.39 is 11.6 Å². The third kappa shape index (κ3) is 5.25. The molecular formula is C17H27N3O4. The first kappa shape index (κ1) is 18.3. The summed E-state index contributed by atoms with van der Waals surface area (Å²) < 4.78 is 11.8. The molecule has 134 valence electrons. The molecule has 0 spiro atoms. The van der Waals surface area contributed by atoms with Gasteiger partial charge in [0.2, 0.25) is 0 Å². The number of hydrogen-bond acceptors (Lipinski definition) is 5. The summed E-state index contributed by atoms with van der Waals surface area (Å²) in [6.07, 6.45) is 4.47. The lowest BCUT2D eigenvalue weighted by Gasteiger charge is -2.33. The Labute approximate surface area is 142 Å². The molecule has 7 heteroatoms. The number of piperidine rings is 1. The number of esters is 1. The molecule has 24 heavy (non-hydrogen) atoms. The Hall–Kier alpha value is -2.05. The Bertz CT molecular complexity index is 569. The molecule has 1 saturated heterocycles. The van der Waals surface area contributed by atoms with Crippen molar-refractivity contribution in [3.8, 4) is 0 Å². The van der Waals surface area contributed by atoms with E-state index in [0.29, 0.717) is 11.6 Å². The Balaban J connectivity index is 1.74. The van der Waals surface area contributed by atoms with Gasteiger partial charge < -0.3 is 14.4 Å². The Morgan fingerprint density at radius 1 is 1.29 bits per heavy atom. The number of amides is 1. The normalized spacial score (nSPS) is 16.1. The molecule has 1 aliphatic rings. The van der Waals surface area contributed by atoms with Gasteiger partial charge in [0, 0.05) is 25.8 Å². The van der Waals surface area contributed by atoms with E-state index in [1.807, 2.05) is 20.8 Å². The summed E-state index contributed by atoms with van der Waals surface area (Å²) >= 11 is 0. The van der Waals surface area contributed by atoms with Crippen molar-refractivity contribution in [2.75, 3.05) is 20.2 Å². The Kier molecular flexibility index (Phi) is 5.85. The summed E-state index contributed by atoms with van der Waals surface area (Å²) in [6.45, 7) is 7.85. The third-order valence-electron chi connectivity index (χ3n) is 4.07. The molecule has 0 aromatic carbocycles. The monoisotopic (exact) mass is 337 g/mol. The molecule has 0 N–H and O–H groups in total. The zero-order valence-corrected chi connectivity index (χ0v) is 14.9. The van der Waals surface area contributed by atoms with Crippen LogP contribution in [0.2, 0.25) is 0 Å². The number of aromatic nitrogens is 2. The summed E-state index contributed by atoms with van der Waals surface area (Å²) in [6, 6.07) is 1.66. The first-order valence-corrected chi connectivity index (χ1v) is 8.38. The van der Waals surface area contributed by atoms with Crippen LogP contribution in [0.4, 0.5) is 4.79 Å². The number of methoxy groups -OCH3 is 1. The van der Waals surface area contributed by atoms with Gasteiger partial charge in [0.25, 0.3) is 0 Å². The SMILES string of the molecule is COC(=O)c1ccn(CCC2CCN(C(=O)OC(C)(C)C)CC2)n1. The van der Waals surface area contributed by atoms with Gasteiger partial charge in [0.1, 0.15) is 5.60 Å². The van der Waals surface area contributed by atoms with E-state index in [2.05, 4.69) is 9.84 Å². The fourth-order valence-electron chi connectivity index (χ4n) is 2.75. The zero-order valence-electron chi connectivity index (χ0n) is 14.9. The fourth-order valence-corrected chi connectivity index (χ4v) is 2.75. The highest BCUT2D eigenvalue weighted by Crippen LogP contribution is 2.22. The largest absolute Gasteiger partial charge is 0.464 e. The molecule has 2 heterocycles. The molecule has 1 aromatic rings. The highest BCUT2D eigenvalue weighted by Gasteiger charge is 2.26. The van der Waals surface area contributed by atoms with Crippen molar-refractivity contribution in [3.05, 3.63) is 18.0 Å². The maximum Gasteiger partial charge on any atom is 0.410 e. The molecule has 1 amide bonds. The highest BCUT2D eigenvalue weighted by molar-refractivity contribution is 5.86. The predicted molar refractivity (Wildman–Crippen MR) is 88.7 cm³/mol. The first-order chi connectivity index (χ1) is 11.3. The maximum absolute atomic E-state index is 12.0. The third-order valence-corrected chi connectivity index (χ3v) is 4.07. The zero-order chi connectivity index (χ0) is 17.7. The van der Waals surface area contributed by atoms with Gasteiger partial charge in [-0.05, 0) is 52.0 Å². The van der Waals surface area contributed by atoms with Crippen molar-refractivity contribution in [2.45, 2.75) is 52.2 Å². The second-order valence-electron chi connectivity index (χ2n) is 7.16. The summed E-state index contributed by atoms with van der Waals surface area (Å²) in [5, 5.41) is 4.21. The van der Waals surface area contributed by atoms with Gasteiger partial charge in [-0.15, -0.1) is 0 Å². The number of aryl methyl sites for hydroxylation is 1. The number of likely N-dealkylation sites (tertiary alicyclic amines) is 1. The van der Waals surface area contributed by atoms with Crippen molar-refractivity contribution < 1.29 is 19.1 Å². The summed E-state index contributed by atoms with van der Waals surface area (Å²) in [4.78, 5) is 25.2. The standard InChI is InChI=1S/C17H27N3O4/c1-17(2,3)24-16(22)19-9-5-13(6-10-19)7-11-20-12-8-14(18-20)15(21)23-4/h8,12-13H,5-7,9-11H2,1-4H3. The van der Waals surface area contributed by atoms with Crippen LogP contribution in [0.25, 0.3) is 0 Å². The van der Waals surface area contributed by atoms with Gasteiger partial charge in [-0.2, -0.15) is 5.10 Å². The lowest BCUT2D eigenvalue weighted by molar-refractivity contribution is 0.0179. The van der Waals surface area contributed by atoms with Crippen molar-refractivity contribution in [3.63, 3.8) is 0 Å². The fraction of sp³-hybridized carbons (Fsp3) is 0.706. The minimum absolute atomic E-state index is 0.226. The number of rotatable bonds is 4. The number of hydrogen-bond donors (Lipinski definition) is 0. The molecule has 0 atom stereocenters. The summed E-state index contributed by atoms with van der Waals surface area (Å²) in [7, 11) is 1.35. The summed E-state index contributed by atoms with van der Waals surface area (Å²) in [5.41, 5.74) is -0.122. The van der Waals surface area contributed by atoms with Crippen molar-refractivity contribution in [1.29, 1.82) is 0 Å². The topological polar surface area (TPSA) is 73.7 Å². The van der Waals surface area contributed by atoms with Crippen LogP contribution in [-0.2, 0) is 16.0 Å². The molecule has 1 aromatic heterocycles. The van der Waals surface area contributed by atoms with Crippen molar-refractivity contribution in [2.24, 2.45) is 5.92 Å². The summed E-state index contributed by atoms with van der Waals surface area (Å²) in [5.74, 6) is 0.133. The molecule has 0 saturated carbocycles. The second kappa shape index (κ2) is 7.68. The van der Waals surface area contributed by atoms with Gasteiger partial charge in [-0.25, -0.2) is 9.59 Å². The lowest BCUT2D eigenvalue weighted by atomic mass is 9.94. The van der Waals surface area contributed by atoms with Crippen LogP contribution in [0.3, 0.4) is 0 Å². The van der Waals surface area contributed by atoms with Crippen LogP contribution in [0, 0.1) is 5.92 Å². The van der Waals surface area contributed by atoms with E-state index >= 15 is 0 Å². The smallest absolute Gasteiger partial charge is 0.410 e. The van der Waals surface area contributed by atoms with Gasteiger partial charge in [-0.1, -0.05) is 0 Å². The molecule has 7 nitrogen and oxygen atoms in total. The lowest BCUT2D eigenvalue weighted by Crippen LogP contribution is -2.41. The number of ether oxygens (including phenoxy) is 2. The predicted octanol–water partition coefficient (Wildman–Crippen LogP) is 2.71. The maximum atomic E-state index is 12.0. The van der Waals surface area contributed by atoms with E-state index in [-0.39, 0.29) is 6.09 Å². The minimum atomic E-state index is -0.453. The molecule has 1 aliphatic heterocycles. The molecule has 0 unspecified atom stereocenters. The van der Waals surface area contributed by atoms with Crippen LogP contribution >= 0.6 is 0 Å². The van der Waals surface area contributed by atoms with E-state index in [4.69, 9.17) is 4.74 Å². The van der Waals surface area contributed by atoms with Crippen molar-refractivity contribution in [1.82, 2.24) is 14.7 Å². The molecule has 0 bridgehead atoms. The van der Waals surface area contributed by atoms with Crippen LogP contribution in [0.5, 0.6) is 0 Å².